The lowest BCUT2D eigenvalue weighted by molar-refractivity contribution is -0.113. The van der Waals surface area contributed by atoms with Gasteiger partial charge in [0.2, 0.25) is 0 Å². The molecule has 3 aromatic rings. The maximum atomic E-state index is 12.7. The molecule has 6 heteroatoms. The van der Waals surface area contributed by atoms with Crippen LogP contribution < -0.4 is 10.6 Å². The van der Waals surface area contributed by atoms with Gasteiger partial charge in [-0.25, -0.2) is 0 Å². The Balaban J connectivity index is 1.85. The molecule has 2 amide bonds. The minimum atomic E-state index is -0.448. The third-order valence-electron chi connectivity index (χ3n) is 3.75. The Hall–Kier alpha value is -3.12. The normalized spacial score (nSPS) is 11.1. The highest BCUT2D eigenvalue weighted by Crippen LogP contribution is 2.17. The number of benzene rings is 2. The number of anilines is 1. The molecule has 5 nitrogen and oxygen atoms in total. The first-order chi connectivity index (χ1) is 13.0. The van der Waals surface area contributed by atoms with Gasteiger partial charge in [0.25, 0.3) is 11.8 Å². The zero-order valence-corrected chi connectivity index (χ0v) is 16.1. The summed E-state index contributed by atoms with van der Waals surface area (Å²) >= 11 is 3.35. The molecule has 0 saturated heterocycles. The van der Waals surface area contributed by atoms with Gasteiger partial charge in [-0.05, 0) is 59.3 Å². The predicted molar refractivity (Wildman–Crippen MR) is 108 cm³/mol. The summed E-state index contributed by atoms with van der Waals surface area (Å²) in [7, 11) is 0. The van der Waals surface area contributed by atoms with Gasteiger partial charge >= 0.3 is 0 Å². The van der Waals surface area contributed by atoms with Crippen molar-refractivity contribution in [2.45, 2.75) is 6.92 Å². The molecule has 27 heavy (non-hydrogen) atoms. The Morgan fingerprint density at radius 2 is 1.74 bits per heavy atom. The van der Waals surface area contributed by atoms with Crippen LogP contribution >= 0.6 is 15.9 Å². The number of aryl methyl sites for hydroxylation is 1. The van der Waals surface area contributed by atoms with Gasteiger partial charge in [-0.2, -0.15) is 0 Å². The minimum absolute atomic E-state index is 0.0753. The van der Waals surface area contributed by atoms with Gasteiger partial charge in [0.1, 0.15) is 11.5 Å². The fourth-order valence-electron chi connectivity index (χ4n) is 2.34. The summed E-state index contributed by atoms with van der Waals surface area (Å²) in [5, 5.41) is 5.44. The van der Waals surface area contributed by atoms with Crippen LogP contribution in [0.5, 0.6) is 0 Å². The van der Waals surface area contributed by atoms with E-state index in [1.165, 1.54) is 12.3 Å². The minimum Gasteiger partial charge on any atom is -0.465 e. The summed E-state index contributed by atoms with van der Waals surface area (Å²) in [5.74, 6) is -0.397. The molecule has 0 aliphatic heterocycles. The van der Waals surface area contributed by atoms with E-state index >= 15 is 0 Å². The molecule has 1 aromatic heterocycles. The van der Waals surface area contributed by atoms with Crippen LogP contribution in [-0.2, 0) is 4.79 Å². The molecule has 0 saturated carbocycles. The largest absolute Gasteiger partial charge is 0.465 e. The molecule has 136 valence electrons. The highest BCUT2D eigenvalue weighted by molar-refractivity contribution is 9.10. The zero-order valence-electron chi connectivity index (χ0n) is 14.5. The molecule has 0 unspecified atom stereocenters. The Morgan fingerprint density at radius 3 is 2.41 bits per heavy atom. The Kier molecular flexibility index (Phi) is 5.88. The van der Waals surface area contributed by atoms with Gasteiger partial charge in [-0.3, -0.25) is 9.59 Å². The molecule has 0 aliphatic carbocycles. The van der Waals surface area contributed by atoms with Crippen molar-refractivity contribution in [1.82, 2.24) is 5.32 Å². The molecule has 2 N–H and O–H groups in total. The number of furan rings is 1. The van der Waals surface area contributed by atoms with E-state index in [-0.39, 0.29) is 5.70 Å². The average Bonchev–Trinajstić information content (AvgIpc) is 3.16. The average molecular weight is 425 g/mol. The molecule has 2 aromatic carbocycles. The van der Waals surface area contributed by atoms with Gasteiger partial charge in [0.15, 0.2) is 0 Å². The monoisotopic (exact) mass is 424 g/mol. The first-order valence-corrected chi connectivity index (χ1v) is 9.01. The van der Waals surface area contributed by atoms with E-state index in [4.69, 9.17) is 4.42 Å². The van der Waals surface area contributed by atoms with Crippen LogP contribution in [0, 0.1) is 6.92 Å². The molecule has 0 fully saturated rings. The van der Waals surface area contributed by atoms with Crippen LogP contribution in [0.3, 0.4) is 0 Å². The topological polar surface area (TPSA) is 71.3 Å². The van der Waals surface area contributed by atoms with Crippen molar-refractivity contribution in [2.24, 2.45) is 0 Å². The third-order valence-corrected chi connectivity index (χ3v) is 4.44. The molecule has 0 spiro atoms. The van der Waals surface area contributed by atoms with Crippen LogP contribution in [0.4, 0.5) is 5.69 Å². The molecular weight excluding hydrogens is 408 g/mol. The van der Waals surface area contributed by atoms with Crippen LogP contribution in [0.15, 0.2) is 81.5 Å². The fourth-order valence-corrected chi connectivity index (χ4v) is 2.81. The van der Waals surface area contributed by atoms with Gasteiger partial charge in [-0.1, -0.05) is 29.8 Å². The lowest BCUT2D eigenvalue weighted by Gasteiger charge is -2.11. The quantitative estimate of drug-likeness (QED) is 0.579. The number of rotatable bonds is 5. The smallest absolute Gasteiger partial charge is 0.272 e. The standard InChI is InChI=1S/C21H17BrN2O3/c1-14-8-10-15(11-9-14)23-21(26)19(13-16-5-4-12-27-16)24-20(25)17-6-2-3-7-18(17)22/h2-13H,1H3,(H,23,26)(H,24,25). The van der Waals surface area contributed by atoms with Crippen molar-refractivity contribution in [2.75, 3.05) is 5.32 Å². The van der Waals surface area contributed by atoms with E-state index in [0.29, 0.717) is 21.5 Å². The zero-order chi connectivity index (χ0) is 19.2. The highest BCUT2D eigenvalue weighted by Gasteiger charge is 2.17. The summed E-state index contributed by atoms with van der Waals surface area (Å²) in [5.41, 5.74) is 2.21. The third kappa shape index (κ3) is 4.95. The van der Waals surface area contributed by atoms with Gasteiger partial charge < -0.3 is 15.1 Å². The number of carbonyl (C=O) groups excluding carboxylic acids is 2. The van der Waals surface area contributed by atoms with E-state index in [2.05, 4.69) is 26.6 Å². The molecule has 0 atom stereocenters. The maximum Gasteiger partial charge on any atom is 0.272 e. The fraction of sp³-hybridized carbons (Fsp3) is 0.0476. The van der Waals surface area contributed by atoms with Gasteiger partial charge in [0.05, 0.1) is 11.8 Å². The van der Waals surface area contributed by atoms with Crippen LogP contribution in [0.2, 0.25) is 0 Å². The Bertz CT molecular complexity index is 977. The molecule has 3 rings (SSSR count). The van der Waals surface area contributed by atoms with Crippen LogP contribution in [0.25, 0.3) is 6.08 Å². The maximum absolute atomic E-state index is 12.7. The number of hydrogen-bond donors (Lipinski definition) is 2. The lowest BCUT2D eigenvalue weighted by atomic mass is 10.2. The summed E-state index contributed by atoms with van der Waals surface area (Å²) in [4.78, 5) is 25.3. The van der Waals surface area contributed by atoms with Crippen molar-refractivity contribution in [1.29, 1.82) is 0 Å². The SMILES string of the molecule is Cc1ccc(NC(=O)C(=Cc2ccco2)NC(=O)c2ccccc2Br)cc1. The van der Waals surface area contributed by atoms with E-state index in [0.717, 1.165) is 5.56 Å². The molecule has 1 heterocycles. The first kappa shape index (κ1) is 18.7. The summed E-state index contributed by atoms with van der Waals surface area (Å²) < 4.78 is 5.91. The lowest BCUT2D eigenvalue weighted by Crippen LogP contribution is -2.30. The number of nitrogens with one attached hydrogen (secondary N) is 2. The van der Waals surface area contributed by atoms with Crippen molar-refractivity contribution >= 4 is 39.5 Å². The molecule has 0 aliphatic rings. The van der Waals surface area contributed by atoms with E-state index in [1.54, 1.807) is 42.5 Å². The van der Waals surface area contributed by atoms with Gasteiger partial charge in [0, 0.05) is 16.2 Å². The van der Waals surface area contributed by atoms with Crippen molar-refractivity contribution in [3.8, 4) is 0 Å². The summed E-state index contributed by atoms with van der Waals surface area (Å²) in [6, 6.07) is 17.8. The number of amides is 2. The van der Waals surface area contributed by atoms with E-state index in [1.807, 2.05) is 25.1 Å². The van der Waals surface area contributed by atoms with Crippen molar-refractivity contribution in [3.63, 3.8) is 0 Å². The second-order valence-corrected chi connectivity index (χ2v) is 6.68. The van der Waals surface area contributed by atoms with Crippen molar-refractivity contribution in [3.05, 3.63) is 94.0 Å². The Morgan fingerprint density at radius 1 is 1.00 bits per heavy atom. The number of carbonyl (C=O) groups is 2. The second kappa shape index (κ2) is 8.51. The number of hydrogen-bond acceptors (Lipinski definition) is 3. The molecular formula is C21H17BrN2O3. The number of halogens is 1. The molecule has 0 radical (unpaired) electrons. The van der Waals surface area contributed by atoms with Crippen molar-refractivity contribution < 1.29 is 14.0 Å². The Labute approximate surface area is 165 Å². The summed E-state index contributed by atoms with van der Waals surface area (Å²) in [6.45, 7) is 1.96. The van der Waals surface area contributed by atoms with Gasteiger partial charge in [-0.15, -0.1) is 0 Å². The summed E-state index contributed by atoms with van der Waals surface area (Å²) in [6.07, 6.45) is 2.98. The van der Waals surface area contributed by atoms with Crippen LogP contribution in [0.1, 0.15) is 21.7 Å². The molecule has 0 bridgehead atoms. The highest BCUT2D eigenvalue weighted by atomic mass is 79.9. The predicted octanol–water partition coefficient (Wildman–Crippen LogP) is 4.76. The van der Waals surface area contributed by atoms with Crippen LogP contribution in [-0.4, -0.2) is 11.8 Å². The van der Waals surface area contributed by atoms with E-state index < -0.39 is 11.8 Å². The second-order valence-electron chi connectivity index (χ2n) is 5.83. The first-order valence-electron chi connectivity index (χ1n) is 8.22. The van der Waals surface area contributed by atoms with E-state index in [9.17, 15) is 9.59 Å².